The number of piperidine rings is 1. The fraction of sp³-hybridized carbons (Fsp3) is 0.923. The summed E-state index contributed by atoms with van der Waals surface area (Å²) in [4.78, 5) is 12.2. The fourth-order valence-electron chi connectivity index (χ4n) is 2.93. The summed E-state index contributed by atoms with van der Waals surface area (Å²) in [6, 6.07) is 0.296. The number of carbonyl (C=O) groups excluding carboxylic acids is 1. The van der Waals surface area contributed by atoms with E-state index >= 15 is 0 Å². The largest absolute Gasteiger partial charge is 0.377 e. The van der Waals surface area contributed by atoms with Gasteiger partial charge in [0.05, 0.1) is 12.0 Å². The van der Waals surface area contributed by atoms with Gasteiger partial charge in [-0.15, -0.1) is 0 Å². The van der Waals surface area contributed by atoms with E-state index in [0.717, 1.165) is 39.0 Å². The molecule has 0 bridgehead atoms. The molecular formula is C13H24N2O2. The Labute approximate surface area is 103 Å². The van der Waals surface area contributed by atoms with Crippen molar-refractivity contribution in [3.63, 3.8) is 0 Å². The van der Waals surface area contributed by atoms with Gasteiger partial charge >= 0.3 is 0 Å². The maximum absolute atomic E-state index is 12.2. The Kier molecular flexibility index (Phi) is 4.40. The number of rotatable bonds is 3. The Balaban J connectivity index is 1.83. The molecule has 2 rings (SSSR count). The van der Waals surface area contributed by atoms with Crippen LogP contribution in [0.5, 0.6) is 0 Å². The van der Waals surface area contributed by atoms with E-state index in [9.17, 15) is 4.79 Å². The third-order valence-electron chi connectivity index (χ3n) is 3.87. The van der Waals surface area contributed by atoms with Crippen molar-refractivity contribution in [2.24, 2.45) is 11.8 Å². The minimum Gasteiger partial charge on any atom is -0.377 e. The van der Waals surface area contributed by atoms with Crippen LogP contribution in [0.4, 0.5) is 0 Å². The van der Waals surface area contributed by atoms with Crippen LogP contribution in [-0.2, 0) is 9.53 Å². The summed E-state index contributed by atoms with van der Waals surface area (Å²) in [5.41, 5.74) is 0. The summed E-state index contributed by atoms with van der Waals surface area (Å²) in [5.74, 6) is 0.906. The van der Waals surface area contributed by atoms with Gasteiger partial charge in [0.25, 0.3) is 0 Å². The van der Waals surface area contributed by atoms with Crippen LogP contribution >= 0.6 is 0 Å². The topological polar surface area (TPSA) is 50.4 Å². The Morgan fingerprint density at radius 1 is 1.47 bits per heavy atom. The van der Waals surface area contributed by atoms with Gasteiger partial charge in [-0.2, -0.15) is 0 Å². The lowest BCUT2D eigenvalue weighted by molar-refractivity contribution is -0.127. The van der Waals surface area contributed by atoms with E-state index in [4.69, 9.17) is 4.74 Å². The van der Waals surface area contributed by atoms with Crippen LogP contribution in [0.15, 0.2) is 0 Å². The second kappa shape index (κ2) is 5.83. The second-order valence-corrected chi connectivity index (χ2v) is 5.42. The maximum atomic E-state index is 12.2. The Morgan fingerprint density at radius 2 is 2.29 bits per heavy atom. The highest BCUT2D eigenvalue weighted by Gasteiger charge is 2.34. The molecule has 4 heteroatoms. The molecule has 2 fully saturated rings. The van der Waals surface area contributed by atoms with Crippen molar-refractivity contribution in [2.45, 2.75) is 45.3 Å². The molecule has 0 aromatic heterocycles. The predicted octanol–water partition coefficient (Wildman–Crippen LogP) is 0.916. The molecule has 2 heterocycles. The van der Waals surface area contributed by atoms with Gasteiger partial charge in [-0.05, 0) is 31.7 Å². The zero-order valence-electron chi connectivity index (χ0n) is 10.9. The van der Waals surface area contributed by atoms with Gasteiger partial charge in [-0.1, -0.05) is 13.8 Å². The van der Waals surface area contributed by atoms with Crippen molar-refractivity contribution in [3.8, 4) is 0 Å². The Bertz CT molecular complexity index is 270. The van der Waals surface area contributed by atoms with E-state index in [1.54, 1.807) is 0 Å². The summed E-state index contributed by atoms with van der Waals surface area (Å²) >= 11 is 0. The lowest BCUT2D eigenvalue weighted by Gasteiger charge is -2.29. The summed E-state index contributed by atoms with van der Waals surface area (Å²) in [5, 5.41) is 6.53. The van der Waals surface area contributed by atoms with Gasteiger partial charge in [0.2, 0.25) is 5.91 Å². The normalized spacial score (nSPS) is 38.0. The molecule has 4 unspecified atom stereocenters. The summed E-state index contributed by atoms with van der Waals surface area (Å²) < 4.78 is 5.57. The summed E-state index contributed by atoms with van der Waals surface area (Å²) in [7, 11) is 0. The molecule has 0 aliphatic carbocycles. The summed E-state index contributed by atoms with van der Waals surface area (Å²) in [6.07, 6.45) is 3.02. The average molecular weight is 240 g/mol. The maximum Gasteiger partial charge on any atom is 0.226 e. The van der Waals surface area contributed by atoms with Crippen molar-refractivity contribution in [2.75, 3.05) is 19.7 Å². The number of hydrogen-bond acceptors (Lipinski definition) is 3. The molecule has 0 aromatic carbocycles. The molecule has 17 heavy (non-hydrogen) atoms. The number of amides is 1. The molecule has 0 spiro atoms. The van der Waals surface area contributed by atoms with Gasteiger partial charge < -0.3 is 15.4 Å². The monoisotopic (exact) mass is 240 g/mol. The molecule has 2 N–H and O–H groups in total. The minimum absolute atomic E-state index is 0.0669. The number of carbonyl (C=O) groups is 1. The van der Waals surface area contributed by atoms with E-state index in [2.05, 4.69) is 24.5 Å². The van der Waals surface area contributed by atoms with Crippen molar-refractivity contribution >= 4 is 5.91 Å². The first kappa shape index (κ1) is 12.8. The molecule has 0 radical (unpaired) electrons. The highest BCUT2D eigenvalue weighted by atomic mass is 16.5. The first-order valence-electron chi connectivity index (χ1n) is 6.83. The zero-order chi connectivity index (χ0) is 12.3. The van der Waals surface area contributed by atoms with Gasteiger partial charge in [0.1, 0.15) is 0 Å². The highest BCUT2D eigenvalue weighted by molar-refractivity contribution is 5.79. The van der Waals surface area contributed by atoms with Crippen LogP contribution in [-0.4, -0.2) is 37.7 Å². The third kappa shape index (κ3) is 3.19. The zero-order valence-corrected chi connectivity index (χ0v) is 10.9. The van der Waals surface area contributed by atoms with Gasteiger partial charge in [-0.3, -0.25) is 4.79 Å². The van der Waals surface area contributed by atoms with Crippen molar-refractivity contribution in [1.82, 2.24) is 10.6 Å². The van der Waals surface area contributed by atoms with Crippen LogP contribution in [0.25, 0.3) is 0 Å². The molecule has 2 aliphatic heterocycles. The quantitative estimate of drug-likeness (QED) is 0.771. The van der Waals surface area contributed by atoms with Crippen LogP contribution < -0.4 is 10.6 Å². The fourth-order valence-corrected chi connectivity index (χ4v) is 2.93. The smallest absolute Gasteiger partial charge is 0.226 e. The molecule has 0 saturated carbocycles. The van der Waals surface area contributed by atoms with E-state index in [1.807, 2.05) is 0 Å². The molecule has 1 amide bonds. The van der Waals surface area contributed by atoms with Crippen LogP contribution in [0, 0.1) is 11.8 Å². The molecule has 2 aliphatic rings. The van der Waals surface area contributed by atoms with Gasteiger partial charge in [-0.25, -0.2) is 0 Å². The van der Waals surface area contributed by atoms with Crippen molar-refractivity contribution < 1.29 is 9.53 Å². The van der Waals surface area contributed by atoms with Crippen LogP contribution in [0.2, 0.25) is 0 Å². The van der Waals surface area contributed by atoms with Crippen molar-refractivity contribution in [1.29, 1.82) is 0 Å². The van der Waals surface area contributed by atoms with Crippen LogP contribution in [0.1, 0.15) is 33.1 Å². The Hall–Kier alpha value is -0.610. The lowest BCUT2D eigenvalue weighted by Crippen LogP contribution is -2.50. The number of ether oxygens (including phenoxy) is 1. The first-order valence-corrected chi connectivity index (χ1v) is 6.83. The average Bonchev–Trinajstić information content (AvgIpc) is 2.77. The van der Waals surface area contributed by atoms with E-state index in [0.29, 0.717) is 12.0 Å². The van der Waals surface area contributed by atoms with Crippen molar-refractivity contribution in [3.05, 3.63) is 0 Å². The molecule has 98 valence electrons. The molecule has 2 saturated heterocycles. The second-order valence-electron chi connectivity index (χ2n) is 5.42. The molecular weight excluding hydrogens is 216 g/mol. The number of nitrogens with one attached hydrogen (secondary N) is 2. The van der Waals surface area contributed by atoms with Crippen LogP contribution in [0.3, 0.4) is 0 Å². The van der Waals surface area contributed by atoms with E-state index in [-0.39, 0.29) is 17.9 Å². The standard InChI is InChI=1S/C13H24N2O2/c1-3-12-11(4-5-17-12)13(16)15-10-6-9(2)7-14-8-10/h9-12,14H,3-8H2,1-2H3,(H,15,16). The SMILES string of the molecule is CCC1OCCC1C(=O)NC1CNCC(C)C1. The van der Waals surface area contributed by atoms with Gasteiger partial charge in [0.15, 0.2) is 0 Å². The minimum atomic E-state index is 0.0669. The van der Waals surface area contributed by atoms with E-state index < -0.39 is 0 Å². The van der Waals surface area contributed by atoms with Gasteiger partial charge in [0, 0.05) is 19.2 Å². The number of hydrogen-bond donors (Lipinski definition) is 2. The predicted molar refractivity (Wildman–Crippen MR) is 66.7 cm³/mol. The summed E-state index contributed by atoms with van der Waals surface area (Å²) in [6.45, 7) is 7.01. The Morgan fingerprint density at radius 3 is 3.00 bits per heavy atom. The molecule has 4 nitrogen and oxygen atoms in total. The third-order valence-corrected chi connectivity index (χ3v) is 3.87. The molecule has 4 atom stereocenters. The highest BCUT2D eigenvalue weighted by Crippen LogP contribution is 2.24. The van der Waals surface area contributed by atoms with E-state index in [1.165, 1.54) is 0 Å². The lowest BCUT2D eigenvalue weighted by atomic mass is 9.95. The molecule has 0 aromatic rings. The first-order chi connectivity index (χ1) is 8.20.